The molecule has 3 aromatic rings. The molecule has 0 fully saturated rings. The number of nitrogens with zero attached hydrogens (tertiary/aromatic N) is 1. The average molecular weight is 375 g/mol. The molecule has 0 unspecified atom stereocenters. The van der Waals surface area contributed by atoms with Gasteiger partial charge in [0, 0.05) is 35.3 Å². The van der Waals surface area contributed by atoms with Gasteiger partial charge in [-0.3, -0.25) is 9.59 Å². The predicted molar refractivity (Wildman–Crippen MR) is 108 cm³/mol. The van der Waals surface area contributed by atoms with Gasteiger partial charge in [0.1, 0.15) is 11.5 Å². The van der Waals surface area contributed by atoms with Crippen LogP contribution in [0.15, 0.2) is 48.4 Å². The molecule has 2 aromatic carbocycles. The maximum absolute atomic E-state index is 12.8. The summed E-state index contributed by atoms with van der Waals surface area (Å²) in [6.07, 6.45) is 3.74. The van der Waals surface area contributed by atoms with E-state index >= 15 is 0 Å². The van der Waals surface area contributed by atoms with Crippen LogP contribution in [0.1, 0.15) is 35.3 Å². The second kappa shape index (κ2) is 6.68. The van der Waals surface area contributed by atoms with Gasteiger partial charge in [-0.15, -0.1) is 0 Å². The van der Waals surface area contributed by atoms with Gasteiger partial charge in [-0.2, -0.15) is 0 Å². The first-order valence-corrected chi connectivity index (χ1v) is 9.20. The van der Waals surface area contributed by atoms with E-state index in [0.29, 0.717) is 22.6 Å². The number of fused-ring (bicyclic) bond motifs is 2. The summed E-state index contributed by atoms with van der Waals surface area (Å²) < 4.78 is 13.4. The molecule has 2 heterocycles. The molecule has 5 heteroatoms. The summed E-state index contributed by atoms with van der Waals surface area (Å²) >= 11 is 0. The van der Waals surface area contributed by atoms with Crippen molar-refractivity contribution in [2.24, 2.45) is 13.0 Å². The lowest BCUT2D eigenvalue weighted by atomic mass is 10.1. The number of esters is 1. The lowest BCUT2D eigenvalue weighted by Gasteiger charge is -2.11. The van der Waals surface area contributed by atoms with Crippen molar-refractivity contribution in [3.05, 3.63) is 65.0 Å². The summed E-state index contributed by atoms with van der Waals surface area (Å²) in [6.45, 7) is 5.34. The Morgan fingerprint density at radius 2 is 1.93 bits per heavy atom. The fourth-order valence-electron chi connectivity index (χ4n) is 3.33. The number of carbonyl (C=O) groups is 2. The van der Waals surface area contributed by atoms with Gasteiger partial charge in [0.05, 0.1) is 11.5 Å². The Hall–Kier alpha value is -3.34. The van der Waals surface area contributed by atoms with Crippen LogP contribution < -0.4 is 9.47 Å². The van der Waals surface area contributed by atoms with Gasteiger partial charge < -0.3 is 14.0 Å². The van der Waals surface area contributed by atoms with E-state index in [1.165, 1.54) is 0 Å². The number of ketones is 1. The maximum atomic E-state index is 12.8. The number of rotatable bonds is 3. The topological polar surface area (TPSA) is 57.5 Å². The Morgan fingerprint density at radius 1 is 1.18 bits per heavy atom. The van der Waals surface area contributed by atoms with Crippen molar-refractivity contribution in [2.75, 3.05) is 0 Å². The second-order valence-electron chi connectivity index (χ2n) is 7.29. The first-order valence-electron chi connectivity index (χ1n) is 9.20. The van der Waals surface area contributed by atoms with Crippen molar-refractivity contribution in [3.63, 3.8) is 0 Å². The molecular weight excluding hydrogens is 354 g/mol. The number of hydrogen-bond acceptors (Lipinski definition) is 4. The average Bonchev–Trinajstić information content (AvgIpc) is 3.16. The quantitative estimate of drug-likeness (QED) is 0.379. The molecule has 0 N–H and O–H groups in total. The Bertz CT molecular complexity index is 1150. The third kappa shape index (κ3) is 2.89. The molecule has 0 saturated carbocycles. The number of benzene rings is 2. The van der Waals surface area contributed by atoms with Gasteiger partial charge >= 0.3 is 5.97 Å². The Labute approximate surface area is 163 Å². The molecule has 0 amide bonds. The Morgan fingerprint density at radius 3 is 2.68 bits per heavy atom. The van der Waals surface area contributed by atoms with Crippen LogP contribution in [0.2, 0.25) is 0 Å². The SMILES string of the molecule is Cc1c(OC(=O)C(C)C)ccc2c1O/C(=C\c1cn(C)c3ccccc13)C2=O. The van der Waals surface area contributed by atoms with E-state index in [4.69, 9.17) is 9.47 Å². The molecule has 142 valence electrons. The minimum atomic E-state index is -0.320. The summed E-state index contributed by atoms with van der Waals surface area (Å²) in [6, 6.07) is 11.3. The van der Waals surface area contributed by atoms with Crippen molar-refractivity contribution in [2.45, 2.75) is 20.8 Å². The molecule has 1 aliphatic rings. The van der Waals surface area contributed by atoms with Gasteiger partial charge in [0.2, 0.25) is 5.78 Å². The maximum Gasteiger partial charge on any atom is 0.313 e. The van der Waals surface area contributed by atoms with Gasteiger partial charge in [-0.25, -0.2) is 0 Å². The molecule has 0 atom stereocenters. The Balaban J connectivity index is 1.72. The number of aromatic nitrogens is 1. The van der Waals surface area contributed by atoms with Crippen LogP contribution in [0.3, 0.4) is 0 Å². The normalized spacial score (nSPS) is 14.6. The molecule has 0 radical (unpaired) electrons. The summed E-state index contributed by atoms with van der Waals surface area (Å²) in [7, 11) is 1.97. The molecule has 0 saturated heterocycles. The van der Waals surface area contributed by atoms with E-state index in [1.807, 2.05) is 42.1 Å². The standard InChI is InChI=1S/C23H21NO4/c1-13(2)23(26)28-19-10-9-17-21(25)20(27-22(17)14(19)3)11-15-12-24(4)18-8-6-5-7-16(15)18/h5-13H,1-4H3/b20-11-. The first kappa shape index (κ1) is 18.0. The van der Waals surface area contributed by atoms with Crippen LogP contribution in [0, 0.1) is 12.8 Å². The largest absolute Gasteiger partial charge is 0.452 e. The molecule has 1 aliphatic heterocycles. The van der Waals surface area contributed by atoms with Crippen molar-refractivity contribution in [1.82, 2.24) is 4.57 Å². The molecule has 1 aromatic heterocycles. The van der Waals surface area contributed by atoms with Crippen molar-refractivity contribution in [3.8, 4) is 11.5 Å². The number of Topliss-reactive ketones (excluding diaryl/α,β-unsaturated/α-hetero) is 1. The van der Waals surface area contributed by atoms with Gasteiger partial charge in [0.15, 0.2) is 5.76 Å². The zero-order chi connectivity index (χ0) is 20.0. The molecule has 0 bridgehead atoms. The first-order chi connectivity index (χ1) is 13.4. The van der Waals surface area contributed by atoms with Crippen LogP contribution in [-0.4, -0.2) is 16.3 Å². The number of carbonyl (C=O) groups excluding carboxylic acids is 2. The van der Waals surface area contributed by atoms with Crippen molar-refractivity contribution < 1.29 is 19.1 Å². The minimum absolute atomic E-state index is 0.173. The summed E-state index contributed by atoms with van der Waals surface area (Å²) in [5.74, 6) is 0.396. The van der Waals surface area contributed by atoms with Crippen LogP contribution in [0.4, 0.5) is 0 Å². The van der Waals surface area contributed by atoms with E-state index in [0.717, 1.165) is 16.5 Å². The summed E-state index contributed by atoms with van der Waals surface area (Å²) in [4.78, 5) is 24.7. The van der Waals surface area contributed by atoms with Gasteiger partial charge in [-0.05, 0) is 31.2 Å². The highest BCUT2D eigenvalue weighted by atomic mass is 16.5. The highest BCUT2D eigenvalue weighted by Gasteiger charge is 2.31. The van der Waals surface area contributed by atoms with Crippen LogP contribution >= 0.6 is 0 Å². The lowest BCUT2D eigenvalue weighted by molar-refractivity contribution is -0.137. The van der Waals surface area contributed by atoms with E-state index in [9.17, 15) is 9.59 Å². The third-order valence-corrected chi connectivity index (χ3v) is 4.93. The summed E-state index contributed by atoms with van der Waals surface area (Å²) in [5.41, 5.74) is 3.12. The fraction of sp³-hybridized carbons (Fsp3) is 0.217. The minimum Gasteiger partial charge on any atom is -0.452 e. The highest BCUT2D eigenvalue weighted by molar-refractivity contribution is 6.15. The Kier molecular flexibility index (Phi) is 4.30. The number of aryl methyl sites for hydroxylation is 1. The number of allylic oxidation sites excluding steroid dienone is 1. The zero-order valence-corrected chi connectivity index (χ0v) is 16.3. The molecule has 5 nitrogen and oxygen atoms in total. The molecule has 0 spiro atoms. The van der Waals surface area contributed by atoms with E-state index < -0.39 is 0 Å². The van der Waals surface area contributed by atoms with E-state index in [2.05, 4.69) is 0 Å². The lowest BCUT2D eigenvalue weighted by Crippen LogP contribution is -2.15. The number of ether oxygens (including phenoxy) is 2. The van der Waals surface area contributed by atoms with Crippen LogP contribution in [0.25, 0.3) is 17.0 Å². The third-order valence-electron chi connectivity index (χ3n) is 4.93. The van der Waals surface area contributed by atoms with Crippen LogP contribution in [0.5, 0.6) is 11.5 Å². The van der Waals surface area contributed by atoms with Crippen molar-refractivity contribution in [1.29, 1.82) is 0 Å². The number of hydrogen-bond donors (Lipinski definition) is 0. The van der Waals surface area contributed by atoms with E-state index in [-0.39, 0.29) is 23.4 Å². The van der Waals surface area contributed by atoms with Crippen LogP contribution in [-0.2, 0) is 11.8 Å². The second-order valence-corrected chi connectivity index (χ2v) is 7.29. The summed E-state index contributed by atoms with van der Waals surface area (Å²) in [5, 5.41) is 1.05. The smallest absolute Gasteiger partial charge is 0.313 e. The van der Waals surface area contributed by atoms with Gasteiger partial charge in [-0.1, -0.05) is 32.0 Å². The predicted octanol–water partition coefficient (Wildman–Crippen LogP) is 4.66. The highest BCUT2D eigenvalue weighted by Crippen LogP contribution is 2.39. The molecule has 4 rings (SSSR count). The molecule has 28 heavy (non-hydrogen) atoms. The van der Waals surface area contributed by atoms with Crippen molar-refractivity contribution >= 4 is 28.7 Å². The fourth-order valence-corrected chi connectivity index (χ4v) is 3.33. The monoisotopic (exact) mass is 375 g/mol. The molecule has 0 aliphatic carbocycles. The zero-order valence-electron chi connectivity index (χ0n) is 16.3. The van der Waals surface area contributed by atoms with Gasteiger partial charge in [0.25, 0.3) is 0 Å². The van der Waals surface area contributed by atoms with E-state index in [1.54, 1.807) is 39.0 Å². The molecular formula is C23H21NO4. The number of para-hydroxylation sites is 1.